The Labute approximate surface area is 179 Å². The molecule has 0 fully saturated rings. The molecule has 0 radical (unpaired) electrons. The van der Waals surface area contributed by atoms with Crippen LogP contribution in [-0.4, -0.2) is 28.7 Å². The summed E-state index contributed by atoms with van der Waals surface area (Å²) in [6, 6.07) is 14.4. The van der Waals surface area contributed by atoms with E-state index in [0.717, 1.165) is 37.9 Å². The van der Waals surface area contributed by atoms with Crippen molar-refractivity contribution in [2.24, 2.45) is 5.41 Å². The summed E-state index contributed by atoms with van der Waals surface area (Å²) in [6.07, 6.45) is 3.57. The molecule has 0 aliphatic heterocycles. The van der Waals surface area contributed by atoms with Crippen LogP contribution in [0.15, 0.2) is 54.9 Å². The standard InChI is InChI=1S/C23H24N4O2S/c1-23(2,3)14-29-21-24-12-16(13-25-21)15-5-7-17(8-6-15)26-22-27-19-10-9-18(28-4)11-20(19)30-22/h5-13H,14H2,1-4H3,(H,26,27). The topological polar surface area (TPSA) is 69.2 Å². The van der Waals surface area contributed by atoms with E-state index in [1.807, 2.05) is 42.5 Å². The third-order valence-corrected chi connectivity index (χ3v) is 5.26. The summed E-state index contributed by atoms with van der Waals surface area (Å²) in [6.45, 7) is 6.91. The van der Waals surface area contributed by atoms with Crippen LogP contribution >= 0.6 is 11.3 Å². The highest BCUT2D eigenvalue weighted by molar-refractivity contribution is 7.22. The van der Waals surface area contributed by atoms with Crippen molar-refractivity contribution in [3.05, 3.63) is 54.9 Å². The molecule has 2 aromatic carbocycles. The molecule has 0 amide bonds. The van der Waals surface area contributed by atoms with Gasteiger partial charge < -0.3 is 14.8 Å². The number of hydrogen-bond acceptors (Lipinski definition) is 7. The number of ether oxygens (including phenoxy) is 2. The zero-order chi connectivity index (χ0) is 21.1. The summed E-state index contributed by atoms with van der Waals surface area (Å²) < 4.78 is 12.0. The summed E-state index contributed by atoms with van der Waals surface area (Å²) in [7, 11) is 1.67. The molecule has 0 bridgehead atoms. The lowest BCUT2D eigenvalue weighted by molar-refractivity contribution is 0.184. The van der Waals surface area contributed by atoms with Crippen LogP contribution in [0.1, 0.15) is 20.8 Å². The number of methoxy groups -OCH3 is 1. The highest BCUT2D eigenvalue weighted by Crippen LogP contribution is 2.31. The molecule has 154 valence electrons. The van der Waals surface area contributed by atoms with Crippen LogP contribution in [0.5, 0.6) is 11.8 Å². The highest BCUT2D eigenvalue weighted by atomic mass is 32.1. The van der Waals surface area contributed by atoms with Gasteiger partial charge in [0.1, 0.15) is 5.75 Å². The van der Waals surface area contributed by atoms with Crippen LogP contribution in [-0.2, 0) is 0 Å². The lowest BCUT2D eigenvalue weighted by atomic mass is 9.99. The quantitative estimate of drug-likeness (QED) is 0.417. The Morgan fingerprint density at radius 1 is 0.967 bits per heavy atom. The summed E-state index contributed by atoms with van der Waals surface area (Å²) in [5.74, 6) is 0.832. The average Bonchev–Trinajstić information content (AvgIpc) is 3.14. The maximum Gasteiger partial charge on any atom is 0.316 e. The number of thiazole rings is 1. The first-order chi connectivity index (χ1) is 14.4. The second-order valence-electron chi connectivity index (χ2n) is 8.16. The Kier molecular flexibility index (Phi) is 5.55. The Hall–Kier alpha value is -3.19. The zero-order valence-electron chi connectivity index (χ0n) is 17.5. The smallest absolute Gasteiger partial charge is 0.316 e. The second-order valence-corrected chi connectivity index (χ2v) is 9.19. The number of fused-ring (bicyclic) bond motifs is 1. The first kappa shape index (κ1) is 20.1. The van der Waals surface area contributed by atoms with E-state index in [1.54, 1.807) is 30.8 Å². The van der Waals surface area contributed by atoms with E-state index in [-0.39, 0.29) is 5.41 Å². The van der Waals surface area contributed by atoms with Crippen molar-refractivity contribution in [2.75, 3.05) is 19.0 Å². The van der Waals surface area contributed by atoms with Crippen LogP contribution in [0, 0.1) is 5.41 Å². The molecule has 2 heterocycles. The molecule has 2 aromatic heterocycles. The van der Waals surface area contributed by atoms with Gasteiger partial charge in [0.2, 0.25) is 0 Å². The molecule has 0 aliphatic carbocycles. The maximum atomic E-state index is 5.64. The van der Waals surface area contributed by atoms with Crippen LogP contribution in [0.2, 0.25) is 0 Å². The molecule has 1 N–H and O–H groups in total. The van der Waals surface area contributed by atoms with Gasteiger partial charge in [0.15, 0.2) is 5.13 Å². The first-order valence-corrected chi connectivity index (χ1v) is 10.5. The van der Waals surface area contributed by atoms with Gasteiger partial charge in [0, 0.05) is 23.6 Å². The number of benzene rings is 2. The molecule has 0 atom stereocenters. The Morgan fingerprint density at radius 3 is 2.37 bits per heavy atom. The van der Waals surface area contributed by atoms with E-state index < -0.39 is 0 Å². The molecule has 7 heteroatoms. The summed E-state index contributed by atoms with van der Waals surface area (Å²) >= 11 is 1.59. The van der Waals surface area contributed by atoms with Gasteiger partial charge >= 0.3 is 6.01 Å². The van der Waals surface area contributed by atoms with Gasteiger partial charge in [-0.1, -0.05) is 44.2 Å². The van der Waals surface area contributed by atoms with E-state index in [1.165, 1.54) is 0 Å². The van der Waals surface area contributed by atoms with Crippen LogP contribution in [0.25, 0.3) is 21.3 Å². The largest absolute Gasteiger partial charge is 0.497 e. The van der Waals surface area contributed by atoms with Crippen molar-refractivity contribution in [1.82, 2.24) is 15.0 Å². The molecule has 30 heavy (non-hydrogen) atoms. The second kappa shape index (κ2) is 8.28. The lowest BCUT2D eigenvalue weighted by Crippen LogP contribution is -2.17. The predicted octanol–water partition coefficient (Wildman–Crippen LogP) is 5.93. The molecule has 4 rings (SSSR count). The van der Waals surface area contributed by atoms with Gasteiger partial charge in [-0.05, 0) is 41.3 Å². The maximum absolute atomic E-state index is 5.64. The summed E-state index contributed by atoms with van der Waals surface area (Å²) in [4.78, 5) is 13.3. The lowest BCUT2D eigenvalue weighted by Gasteiger charge is -2.17. The van der Waals surface area contributed by atoms with E-state index in [0.29, 0.717) is 12.6 Å². The SMILES string of the molecule is COc1ccc2nc(Nc3ccc(-c4cnc(OCC(C)(C)C)nc4)cc3)sc2c1. The molecular formula is C23H24N4O2S. The first-order valence-electron chi connectivity index (χ1n) is 9.66. The van der Waals surface area contributed by atoms with E-state index in [2.05, 4.69) is 41.0 Å². The van der Waals surface area contributed by atoms with E-state index in [9.17, 15) is 0 Å². The number of nitrogens with zero attached hydrogens (tertiary/aromatic N) is 3. The van der Waals surface area contributed by atoms with Crippen molar-refractivity contribution in [1.29, 1.82) is 0 Å². The van der Waals surface area contributed by atoms with Crippen LogP contribution < -0.4 is 14.8 Å². The average molecular weight is 421 g/mol. The number of nitrogens with one attached hydrogen (secondary N) is 1. The zero-order valence-corrected chi connectivity index (χ0v) is 18.3. The van der Waals surface area contributed by atoms with E-state index >= 15 is 0 Å². The Bertz CT molecular complexity index is 1130. The number of anilines is 2. The van der Waals surface area contributed by atoms with Gasteiger partial charge in [-0.2, -0.15) is 0 Å². The predicted molar refractivity (Wildman–Crippen MR) is 122 cm³/mol. The fraction of sp³-hybridized carbons (Fsp3) is 0.261. The number of aromatic nitrogens is 3. The summed E-state index contributed by atoms with van der Waals surface area (Å²) in [5.41, 5.74) is 3.97. The molecule has 0 saturated heterocycles. The fourth-order valence-electron chi connectivity index (χ4n) is 2.78. The Morgan fingerprint density at radius 2 is 1.70 bits per heavy atom. The van der Waals surface area contributed by atoms with Crippen LogP contribution in [0.4, 0.5) is 10.8 Å². The molecule has 4 aromatic rings. The van der Waals surface area contributed by atoms with Crippen molar-refractivity contribution in [2.45, 2.75) is 20.8 Å². The van der Waals surface area contributed by atoms with Crippen LogP contribution in [0.3, 0.4) is 0 Å². The highest BCUT2D eigenvalue weighted by Gasteiger charge is 2.12. The number of rotatable bonds is 6. The van der Waals surface area contributed by atoms with Crippen molar-refractivity contribution in [3.8, 4) is 22.9 Å². The normalized spacial score (nSPS) is 11.5. The van der Waals surface area contributed by atoms with Crippen molar-refractivity contribution < 1.29 is 9.47 Å². The monoisotopic (exact) mass is 420 g/mol. The fourth-order valence-corrected chi connectivity index (χ4v) is 3.69. The van der Waals surface area contributed by atoms with Gasteiger partial charge in [0.25, 0.3) is 0 Å². The van der Waals surface area contributed by atoms with Gasteiger partial charge in [-0.25, -0.2) is 15.0 Å². The van der Waals surface area contributed by atoms with Crippen molar-refractivity contribution >= 4 is 32.4 Å². The van der Waals surface area contributed by atoms with E-state index in [4.69, 9.17) is 9.47 Å². The van der Waals surface area contributed by atoms with Gasteiger partial charge in [0.05, 0.1) is 23.9 Å². The Balaban J connectivity index is 1.44. The third-order valence-electron chi connectivity index (χ3n) is 4.33. The minimum atomic E-state index is 0.0696. The third kappa shape index (κ3) is 4.86. The van der Waals surface area contributed by atoms with Crippen molar-refractivity contribution in [3.63, 3.8) is 0 Å². The molecular weight excluding hydrogens is 396 g/mol. The minimum absolute atomic E-state index is 0.0696. The molecule has 0 spiro atoms. The number of hydrogen-bond donors (Lipinski definition) is 1. The van der Waals surface area contributed by atoms with Gasteiger partial charge in [-0.15, -0.1) is 0 Å². The van der Waals surface area contributed by atoms with Gasteiger partial charge in [-0.3, -0.25) is 0 Å². The minimum Gasteiger partial charge on any atom is -0.497 e. The molecule has 6 nitrogen and oxygen atoms in total. The molecule has 0 saturated carbocycles. The summed E-state index contributed by atoms with van der Waals surface area (Å²) in [5, 5.41) is 4.21. The molecule has 0 aliphatic rings. The molecule has 0 unspecified atom stereocenters.